The number of nitrogens with two attached hydrogens (primary N) is 1. The van der Waals surface area contributed by atoms with Gasteiger partial charge in [0.05, 0.1) is 24.9 Å². The van der Waals surface area contributed by atoms with Gasteiger partial charge in [-0.05, 0) is 18.6 Å². The zero-order chi connectivity index (χ0) is 16.4. The number of ether oxygens (including phenoxy) is 2. The number of halogens is 1. The van der Waals surface area contributed by atoms with Crippen molar-refractivity contribution < 1.29 is 14.3 Å². The van der Waals surface area contributed by atoms with Crippen molar-refractivity contribution in [2.75, 3.05) is 20.0 Å². The second-order valence-corrected chi connectivity index (χ2v) is 4.85. The van der Waals surface area contributed by atoms with Gasteiger partial charge in [0.25, 0.3) is 5.56 Å². The Morgan fingerprint density at radius 2 is 2.05 bits per heavy atom. The number of methoxy groups -OCH3 is 2. The maximum Gasteiger partial charge on any atom is 0.347 e. The van der Waals surface area contributed by atoms with Crippen LogP contribution in [0.5, 0.6) is 5.75 Å². The molecule has 0 unspecified atom stereocenters. The van der Waals surface area contributed by atoms with Gasteiger partial charge in [0, 0.05) is 6.07 Å². The summed E-state index contributed by atoms with van der Waals surface area (Å²) in [6.45, 7) is 1.75. The molecule has 0 aliphatic rings. The van der Waals surface area contributed by atoms with Gasteiger partial charge in [0.15, 0.2) is 5.56 Å². The third kappa shape index (κ3) is 2.62. The van der Waals surface area contributed by atoms with Gasteiger partial charge in [-0.25, -0.2) is 9.78 Å². The third-order valence-electron chi connectivity index (χ3n) is 3.09. The molecule has 1 aromatic carbocycles. The standard InChI is InChI=1S/C14H14ClN3O4/c1-7-4-8(21-2)5-9(15)11(7)18-6-17-12(16)10(13(18)19)14(20)22-3/h4-6H,16H2,1-3H3. The van der Waals surface area contributed by atoms with Crippen LogP contribution in [-0.4, -0.2) is 29.7 Å². The second kappa shape index (κ2) is 6.07. The first-order chi connectivity index (χ1) is 10.4. The minimum absolute atomic E-state index is 0.199. The maximum absolute atomic E-state index is 12.5. The van der Waals surface area contributed by atoms with E-state index in [2.05, 4.69) is 9.72 Å². The van der Waals surface area contributed by atoms with Crippen LogP contribution in [-0.2, 0) is 4.74 Å². The first-order valence-corrected chi connectivity index (χ1v) is 6.58. The molecule has 0 saturated heterocycles. The number of carbonyl (C=O) groups is 1. The van der Waals surface area contributed by atoms with Crippen LogP contribution in [0.1, 0.15) is 15.9 Å². The Labute approximate surface area is 131 Å². The Bertz CT molecular complexity index is 778. The topological polar surface area (TPSA) is 96.4 Å². The quantitative estimate of drug-likeness (QED) is 0.861. The number of hydrogen-bond donors (Lipinski definition) is 1. The van der Waals surface area contributed by atoms with Gasteiger partial charge in [-0.1, -0.05) is 11.6 Å². The fourth-order valence-corrected chi connectivity index (χ4v) is 2.40. The maximum atomic E-state index is 12.5. The minimum atomic E-state index is -0.855. The summed E-state index contributed by atoms with van der Waals surface area (Å²) in [5.74, 6) is -0.502. The molecule has 2 rings (SSSR count). The molecule has 8 heteroatoms. The number of anilines is 1. The fraction of sp³-hybridized carbons (Fsp3) is 0.214. The fourth-order valence-electron chi connectivity index (χ4n) is 2.05. The molecule has 0 aliphatic heterocycles. The molecule has 2 aromatic rings. The van der Waals surface area contributed by atoms with Crippen LogP contribution in [0.2, 0.25) is 5.02 Å². The zero-order valence-electron chi connectivity index (χ0n) is 12.2. The number of carbonyl (C=O) groups excluding carboxylic acids is 1. The number of rotatable bonds is 3. The minimum Gasteiger partial charge on any atom is -0.497 e. The third-order valence-corrected chi connectivity index (χ3v) is 3.38. The molecule has 0 aliphatic carbocycles. The highest BCUT2D eigenvalue weighted by Gasteiger charge is 2.21. The number of hydrogen-bond acceptors (Lipinski definition) is 6. The SMILES string of the molecule is COC(=O)c1c(N)ncn(-c2c(C)cc(OC)cc2Cl)c1=O. The van der Waals surface area contributed by atoms with Crippen molar-refractivity contribution in [2.24, 2.45) is 0 Å². The highest BCUT2D eigenvalue weighted by molar-refractivity contribution is 6.32. The molecule has 0 amide bonds. The van der Waals surface area contributed by atoms with E-state index >= 15 is 0 Å². The van der Waals surface area contributed by atoms with Crippen LogP contribution in [0.3, 0.4) is 0 Å². The number of esters is 1. The van der Waals surface area contributed by atoms with E-state index in [-0.39, 0.29) is 16.4 Å². The zero-order valence-corrected chi connectivity index (χ0v) is 13.0. The molecule has 0 radical (unpaired) electrons. The van der Waals surface area contributed by atoms with Crippen LogP contribution in [0.15, 0.2) is 23.3 Å². The predicted octanol–water partition coefficient (Wildman–Crippen LogP) is 1.57. The first-order valence-electron chi connectivity index (χ1n) is 6.20. The van der Waals surface area contributed by atoms with Gasteiger partial charge in [-0.2, -0.15) is 0 Å². The van der Waals surface area contributed by atoms with Crippen LogP contribution < -0.4 is 16.0 Å². The van der Waals surface area contributed by atoms with Crippen LogP contribution in [0, 0.1) is 6.92 Å². The van der Waals surface area contributed by atoms with E-state index in [1.54, 1.807) is 19.1 Å². The van der Waals surface area contributed by atoms with Crippen LogP contribution in [0.4, 0.5) is 5.82 Å². The van der Waals surface area contributed by atoms with Gasteiger partial charge < -0.3 is 15.2 Å². The lowest BCUT2D eigenvalue weighted by Crippen LogP contribution is -2.28. The summed E-state index contributed by atoms with van der Waals surface area (Å²) in [6.07, 6.45) is 1.21. The van der Waals surface area contributed by atoms with Crippen LogP contribution in [0.25, 0.3) is 5.69 Å². The summed E-state index contributed by atoms with van der Waals surface area (Å²) in [6, 6.07) is 3.27. The molecule has 2 N–H and O–H groups in total. The molecule has 1 aromatic heterocycles. The van der Waals surface area contributed by atoms with Crippen molar-refractivity contribution in [1.82, 2.24) is 9.55 Å². The summed E-state index contributed by atoms with van der Waals surface area (Å²) < 4.78 is 10.8. The van der Waals surface area contributed by atoms with Crippen molar-refractivity contribution >= 4 is 23.4 Å². The summed E-state index contributed by atoms with van der Waals surface area (Å²) in [5, 5.41) is 0.279. The van der Waals surface area contributed by atoms with Crippen molar-refractivity contribution in [3.05, 3.63) is 45.0 Å². The molecule has 1 heterocycles. The summed E-state index contributed by atoms with van der Waals surface area (Å²) in [4.78, 5) is 28.1. The van der Waals surface area contributed by atoms with Crippen molar-refractivity contribution in [1.29, 1.82) is 0 Å². The summed E-state index contributed by atoms with van der Waals surface area (Å²) >= 11 is 6.21. The van der Waals surface area contributed by atoms with Gasteiger partial charge in [-0.15, -0.1) is 0 Å². The highest BCUT2D eigenvalue weighted by Crippen LogP contribution is 2.28. The monoisotopic (exact) mass is 323 g/mol. The Hall–Kier alpha value is -2.54. The number of aryl methyl sites for hydroxylation is 1. The van der Waals surface area contributed by atoms with Crippen molar-refractivity contribution in [3.63, 3.8) is 0 Å². The van der Waals surface area contributed by atoms with Gasteiger partial charge in [0.1, 0.15) is 17.9 Å². The molecule has 7 nitrogen and oxygen atoms in total. The van der Waals surface area contributed by atoms with Crippen molar-refractivity contribution in [3.8, 4) is 11.4 Å². The van der Waals surface area contributed by atoms with E-state index in [1.807, 2.05) is 0 Å². The number of aromatic nitrogens is 2. The molecule has 22 heavy (non-hydrogen) atoms. The Kier molecular flexibility index (Phi) is 4.37. The lowest BCUT2D eigenvalue weighted by molar-refractivity contribution is 0.0599. The molecule has 0 atom stereocenters. The lowest BCUT2D eigenvalue weighted by atomic mass is 10.1. The summed E-state index contributed by atoms with van der Waals surface area (Å²) in [7, 11) is 2.67. The second-order valence-electron chi connectivity index (χ2n) is 4.45. The normalized spacial score (nSPS) is 10.4. The van der Waals surface area contributed by atoms with Gasteiger partial charge >= 0.3 is 5.97 Å². The molecule has 116 valence electrons. The number of benzene rings is 1. The molecule has 0 spiro atoms. The lowest BCUT2D eigenvalue weighted by Gasteiger charge is -2.14. The first kappa shape index (κ1) is 15.8. The van der Waals surface area contributed by atoms with E-state index in [4.69, 9.17) is 22.1 Å². The van der Waals surface area contributed by atoms with Crippen molar-refractivity contribution in [2.45, 2.75) is 6.92 Å². The number of nitrogen functional groups attached to an aromatic ring is 1. The molecular formula is C14H14ClN3O4. The van der Waals surface area contributed by atoms with E-state index in [0.29, 0.717) is 17.0 Å². The molecule has 0 saturated carbocycles. The Morgan fingerprint density at radius 1 is 1.36 bits per heavy atom. The van der Waals surface area contributed by atoms with E-state index in [0.717, 1.165) is 11.7 Å². The largest absolute Gasteiger partial charge is 0.497 e. The summed E-state index contributed by atoms with van der Waals surface area (Å²) in [5.41, 5.74) is 5.66. The Morgan fingerprint density at radius 3 is 2.59 bits per heavy atom. The van der Waals surface area contributed by atoms with Crippen LogP contribution >= 0.6 is 11.6 Å². The van der Waals surface area contributed by atoms with E-state index < -0.39 is 11.5 Å². The smallest absolute Gasteiger partial charge is 0.347 e. The molecule has 0 fully saturated rings. The van der Waals surface area contributed by atoms with Gasteiger partial charge in [-0.3, -0.25) is 9.36 Å². The van der Waals surface area contributed by atoms with E-state index in [1.165, 1.54) is 13.4 Å². The molecular weight excluding hydrogens is 310 g/mol. The average Bonchev–Trinajstić information content (AvgIpc) is 2.48. The van der Waals surface area contributed by atoms with Gasteiger partial charge in [0.2, 0.25) is 0 Å². The average molecular weight is 324 g/mol. The highest BCUT2D eigenvalue weighted by atomic mass is 35.5. The van der Waals surface area contributed by atoms with E-state index in [9.17, 15) is 9.59 Å². The predicted molar refractivity (Wildman–Crippen MR) is 81.9 cm³/mol. The number of nitrogens with zero attached hydrogens (tertiary/aromatic N) is 2. The Balaban J connectivity index is 2.75. The molecule has 0 bridgehead atoms.